The van der Waals surface area contributed by atoms with E-state index in [4.69, 9.17) is 5.73 Å². The van der Waals surface area contributed by atoms with Crippen LogP contribution in [0.4, 0.5) is 4.39 Å². The third kappa shape index (κ3) is 4.25. The molecule has 0 saturated heterocycles. The lowest BCUT2D eigenvalue weighted by Gasteiger charge is -2.31. The molecule has 1 heterocycles. The Morgan fingerprint density at radius 2 is 2.05 bits per heavy atom. The zero-order chi connectivity index (χ0) is 14.7. The minimum atomic E-state index is -0.314. The van der Waals surface area contributed by atoms with Gasteiger partial charge in [0.05, 0.1) is 17.9 Å². The number of pyridine rings is 1. The number of rotatable bonds is 7. The quantitative estimate of drug-likeness (QED) is 0.834. The summed E-state index contributed by atoms with van der Waals surface area (Å²) in [4.78, 5) is 6.61. The molecule has 1 aliphatic rings. The standard InChI is InChI=1S/C16H26FN3/c1-11(2)20(10-13-4-5-13)9-12(3)16(18)15-7-6-14(17)8-19-15/h6-8,11-13,16H,4-5,9-10,18H2,1-3H3. The second-order valence-corrected chi connectivity index (χ2v) is 6.40. The SMILES string of the molecule is CC(CN(CC1CC1)C(C)C)C(N)c1ccc(F)cn1. The maximum absolute atomic E-state index is 12.9. The second-order valence-electron chi connectivity index (χ2n) is 6.40. The van der Waals surface area contributed by atoms with Crippen molar-refractivity contribution in [3.63, 3.8) is 0 Å². The van der Waals surface area contributed by atoms with Crippen LogP contribution in [0.2, 0.25) is 0 Å². The fraction of sp³-hybridized carbons (Fsp3) is 0.688. The molecule has 1 saturated carbocycles. The lowest BCUT2D eigenvalue weighted by atomic mass is 9.98. The van der Waals surface area contributed by atoms with E-state index >= 15 is 0 Å². The molecule has 2 atom stereocenters. The van der Waals surface area contributed by atoms with Crippen LogP contribution in [0.25, 0.3) is 0 Å². The van der Waals surface area contributed by atoms with Crippen LogP contribution in [-0.2, 0) is 0 Å². The predicted molar refractivity (Wildman–Crippen MR) is 79.7 cm³/mol. The highest BCUT2D eigenvalue weighted by atomic mass is 19.1. The summed E-state index contributed by atoms with van der Waals surface area (Å²) in [5, 5.41) is 0. The number of halogens is 1. The highest BCUT2D eigenvalue weighted by Crippen LogP contribution is 2.31. The number of nitrogens with two attached hydrogens (primary N) is 1. The summed E-state index contributed by atoms with van der Waals surface area (Å²) in [7, 11) is 0. The zero-order valence-corrected chi connectivity index (χ0v) is 12.7. The van der Waals surface area contributed by atoms with Crippen molar-refractivity contribution >= 4 is 0 Å². The molecule has 0 radical (unpaired) electrons. The van der Waals surface area contributed by atoms with Crippen LogP contribution in [0, 0.1) is 17.7 Å². The summed E-state index contributed by atoms with van der Waals surface area (Å²) in [6.45, 7) is 8.76. The molecule has 1 aliphatic carbocycles. The zero-order valence-electron chi connectivity index (χ0n) is 12.7. The van der Waals surface area contributed by atoms with Crippen LogP contribution in [0.1, 0.15) is 45.3 Å². The Hall–Kier alpha value is -1.00. The first-order chi connectivity index (χ1) is 9.47. The minimum absolute atomic E-state index is 0.143. The third-order valence-electron chi connectivity index (χ3n) is 4.15. The van der Waals surface area contributed by atoms with Gasteiger partial charge in [0.15, 0.2) is 0 Å². The Morgan fingerprint density at radius 3 is 2.55 bits per heavy atom. The van der Waals surface area contributed by atoms with Crippen molar-refractivity contribution in [2.75, 3.05) is 13.1 Å². The third-order valence-corrected chi connectivity index (χ3v) is 4.15. The van der Waals surface area contributed by atoms with Gasteiger partial charge in [0.25, 0.3) is 0 Å². The molecular weight excluding hydrogens is 253 g/mol. The van der Waals surface area contributed by atoms with Crippen molar-refractivity contribution < 1.29 is 4.39 Å². The van der Waals surface area contributed by atoms with Gasteiger partial charge >= 0.3 is 0 Å². The van der Waals surface area contributed by atoms with Gasteiger partial charge in [-0.1, -0.05) is 6.92 Å². The first kappa shape index (κ1) is 15.4. The van der Waals surface area contributed by atoms with Crippen molar-refractivity contribution in [1.29, 1.82) is 0 Å². The molecule has 0 aliphatic heterocycles. The molecule has 2 N–H and O–H groups in total. The smallest absolute Gasteiger partial charge is 0.141 e. The number of hydrogen-bond acceptors (Lipinski definition) is 3. The predicted octanol–water partition coefficient (Wildman–Crippen LogP) is 2.98. The van der Waals surface area contributed by atoms with Crippen LogP contribution >= 0.6 is 0 Å². The highest BCUT2D eigenvalue weighted by molar-refractivity contribution is 5.10. The van der Waals surface area contributed by atoms with E-state index in [1.54, 1.807) is 6.07 Å². The molecule has 20 heavy (non-hydrogen) atoms. The normalized spacial score (nSPS) is 18.6. The van der Waals surface area contributed by atoms with Crippen molar-refractivity contribution in [1.82, 2.24) is 9.88 Å². The summed E-state index contributed by atoms with van der Waals surface area (Å²) >= 11 is 0. The van der Waals surface area contributed by atoms with E-state index in [0.717, 1.165) is 18.2 Å². The largest absolute Gasteiger partial charge is 0.322 e. The first-order valence-corrected chi connectivity index (χ1v) is 7.58. The first-order valence-electron chi connectivity index (χ1n) is 7.58. The summed E-state index contributed by atoms with van der Waals surface area (Å²) in [6.07, 6.45) is 3.97. The fourth-order valence-electron chi connectivity index (χ4n) is 2.49. The highest BCUT2D eigenvalue weighted by Gasteiger charge is 2.27. The van der Waals surface area contributed by atoms with E-state index in [1.165, 1.54) is 31.6 Å². The average molecular weight is 279 g/mol. The van der Waals surface area contributed by atoms with Crippen LogP contribution in [0.3, 0.4) is 0 Å². The van der Waals surface area contributed by atoms with Gasteiger partial charge in [0.2, 0.25) is 0 Å². The molecule has 112 valence electrons. The molecule has 3 nitrogen and oxygen atoms in total. The Labute approximate surface area is 121 Å². The molecule has 1 aromatic heterocycles. The van der Waals surface area contributed by atoms with Crippen LogP contribution in [-0.4, -0.2) is 29.0 Å². The van der Waals surface area contributed by atoms with Gasteiger partial charge < -0.3 is 10.6 Å². The molecule has 0 bridgehead atoms. The van der Waals surface area contributed by atoms with Crippen LogP contribution in [0.15, 0.2) is 18.3 Å². The van der Waals surface area contributed by atoms with Gasteiger partial charge in [-0.25, -0.2) is 4.39 Å². The molecule has 0 aromatic carbocycles. The van der Waals surface area contributed by atoms with E-state index in [0.29, 0.717) is 12.0 Å². The van der Waals surface area contributed by atoms with Crippen molar-refractivity contribution in [3.05, 3.63) is 29.8 Å². The summed E-state index contributed by atoms with van der Waals surface area (Å²) in [5.74, 6) is 0.866. The van der Waals surface area contributed by atoms with Gasteiger partial charge in [-0.2, -0.15) is 0 Å². The summed E-state index contributed by atoms with van der Waals surface area (Å²) in [5.41, 5.74) is 7.04. The summed E-state index contributed by atoms with van der Waals surface area (Å²) in [6, 6.07) is 3.51. The number of nitrogens with zero attached hydrogens (tertiary/aromatic N) is 2. The Balaban J connectivity index is 1.94. The lowest BCUT2D eigenvalue weighted by Crippen LogP contribution is -2.39. The Bertz CT molecular complexity index is 414. The van der Waals surface area contributed by atoms with Gasteiger partial charge in [-0.05, 0) is 50.7 Å². The van der Waals surface area contributed by atoms with Gasteiger partial charge in [0.1, 0.15) is 5.82 Å². The van der Waals surface area contributed by atoms with E-state index in [9.17, 15) is 4.39 Å². The van der Waals surface area contributed by atoms with Crippen molar-refractivity contribution in [3.8, 4) is 0 Å². The monoisotopic (exact) mass is 279 g/mol. The minimum Gasteiger partial charge on any atom is -0.322 e. The van der Waals surface area contributed by atoms with Crippen molar-refractivity contribution in [2.45, 2.75) is 45.7 Å². The van der Waals surface area contributed by atoms with Gasteiger partial charge in [0, 0.05) is 19.1 Å². The summed E-state index contributed by atoms with van der Waals surface area (Å²) < 4.78 is 12.9. The molecule has 4 heteroatoms. The van der Waals surface area contributed by atoms with Crippen LogP contribution in [0.5, 0.6) is 0 Å². The molecular formula is C16H26FN3. The fourth-order valence-corrected chi connectivity index (χ4v) is 2.49. The van der Waals surface area contributed by atoms with E-state index < -0.39 is 0 Å². The maximum atomic E-state index is 12.9. The Morgan fingerprint density at radius 1 is 1.35 bits per heavy atom. The molecule has 2 unspecified atom stereocenters. The second kappa shape index (κ2) is 6.64. The lowest BCUT2D eigenvalue weighted by molar-refractivity contribution is 0.173. The van der Waals surface area contributed by atoms with E-state index in [1.807, 2.05) is 0 Å². The number of hydrogen-bond donors (Lipinski definition) is 1. The molecule has 1 aromatic rings. The van der Waals surface area contributed by atoms with E-state index in [-0.39, 0.29) is 11.9 Å². The van der Waals surface area contributed by atoms with Crippen molar-refractivity contribution in [2.24, 2.45) is 17.6 Å². The van der Waals surface area contributed by atoms with Crippen LogP contribution < -0.4 is 5.73 Å². The Kier molecular flexibility index (Phi) is 5.11. The molecule has 0 spiro atoms. The number of aromatic nitrogens is 1. The maximum Gasteiger partial charge on any atom is 0.141 e. The van der Waals surface area contributed by atoms with Gasteiger partial charge in [-0.15, -0.1) is 0 Å². The molecule has 2 rings (SSSR count). The van der Waals surface area contributed by atoms with E-state index in [2.05, 4.69) is 30.7 Å². The van der Waals surface area contributed by atoms with Gasteiger partial charge in [-0.3, -0.25) is 4.98 Å². The molecule has 0 amide bonds. The average Bonchev–Trinajstić information content (AvgIpc) is 3.21. The topological polar surface area (TPSA) is 42.1 Å². The molecule has 1 fully saturated rings.